The smallest absolute Gasteiger partial charge is 0.329 e. The molecule has 0 radical (unpaired) electrons. The van der Waals surface area contributed by atoms with Crippen LogP contribution >= 0.6 is 11.6 Å². The monoisotopic (exact) mass is 434 g/mol. The van der Waals surface area contributed by atoms with Crippen LogP contribution in [0.15, 0.2) is 48.5 Å². The Hall–Kier alpha value is -3.46. The number of nitro benzene ring substituents is 1. The van der Waals surface area contributed by atoms with E-state index in [1.165, 1.54) is 55.6 Å². The summed E-state index contributed by atoms with van der Waals surface area (Å²) in [5.41, 5.74) is 0.502. The second-order valence-electron chi connectivity index (χ2n) is 6.22. The summed E-state index contributed by atoms with van der Waals surface area (Å²) in [6.07, 6.45) is -0.269. The lowest BCUT2D eigenvalue weighted by Gasteiger charge is -2.26. The topological polar surface area (TPSA) is 125 Å². The maximum Gasteiger partial charge on any atom is 0.329 e. The van der Waals surface area contributed by atoms with Crippen LogP contribution < -0.4 is 5.32 Å². The van der Waals surface area contributed by atoms with Crippen LogP contribution in [0.2, 0.25) is 5.02 Å². The van der Waals surface area contributed by atoms with Crippen molar-refractivity contribution < 1.29 is 28.8 Å². The maximum absolute atomic E-state index is 12.7. The number of carbonyl (C=O) groups excluding carboxylic acids is 3. The van der Waals surface area contributed by atoms with Crippen molar-refractivity contribution in [3.8, 4) is 0 Å². The summed E-state index contributed by atoms with van der Waals surface area (Å²) in [6, 6.07) is 10.1. The van der Waals surface area contributed by atoms with E-state index in [1.807, 2.05) is 0 Å². The van der Waals surface area contributed by atoms with E-state index < -0.39 is 34.7 Å². The van der Waals surface area contributed by atoms with Gasteiger partial charge in [0.15, 0.2) is 0 Å². The molecule has 0 heterocycles. The predicted octanol–water partition coefficient (Wildman–Crippen LogP) is 2.87. The Morgan fingerprint density at radius 3 is 2.13 bits per heavy atom. The first kappa shape index (κ1) is 22.8. The van der Waals surface area contributed by atoms with Crippen LogP contribution in [0.1, 0.15) is 28.3 Å². The van der Waals surface area contributed by atoms with Crippen molar-refractivity contribution >= 4 is 35.1 Å². The van der Waals surface area contributed by atoms with Crippen molar-refractivity contribution in [3.63, 3.8) is 0 Å². The van der Waals surface area contributed by atoms with Crippen LogP contribution in [0.4, 0.5) is 5.69 Å². The number of esters is 2. The number of methoxy groups -OCH3 is 2. The zero-order valence-electron chi connectivity index (χ0n) is 16.2. The molecule has 2 atom stereocenters. The predicted molar refractivity (Wildman–Crippen MR) is 107 cm³/mol. The minimum absolute atomic E-state index is 0.157. The number of hydrogen-bond acceptors (Lipinski definition) is 7. The molecule has 0 saturated heterocycles. The van der Waals surface area contributed by atoms with E-state index in [0.717, 1.165) is 7.11 Å². The van der Waals surface area contributed by atoms with Gasteiger partial charge >= 0.3 is 11.9 Å². The first-order chi connectivity index (χ1) is 14.3. The SMILES string of the molecule is COC(=O)C[C@H](c1ccc([N+](=O)[O-])cc1)[C@@H](NC(=O)c1ccc(Cl)cc1)C(=O)OC. The summed E-state index contributed by atoms with van der Waals surface area (Å²) in [6.45, 7) is 0. The number of benzene rings is 2. The molecule has 10 heteroatoms. The largest absolute Gasteiger partial charge is 0.469 e. The van der Waals surface area contributed by atoms with Crippen molar-refractivity contribution in [3.05, 3.63) is 74.8 Å². The molecule has 2 aromatic rings. The van der Waals surface area contributed by atoms with E-state index >= 15 is 0 Å². The third kappa shape index (κ3) is 5.77. The molecule has 0 fully saturated rings. The number of ether oxygens (including phenoxy) is 2. The lowest BCUT2D eigenvalue weighted by atomic mass is 9.88. The molecule has 0 aliphatic rings. The van der Waals surface area contributed by atoms with Gasteiger partial charge in [-0.2, -0.15) is 0 Å². The maximum atomic E-state index is 12.7. The highest BCUT2D eigenvalue weighted by molar-refractivity contribution is 6.30. The van der Waals surface area contributed by atoms with Crippen LogP contribution in [0.3, 0.4) is 0 Å². The number of amides is 1. The molecule has 0 unspecified atom stereocenters. The van der Waals surface area contributed by atoms with Crippen molar-refractivity contribution in [1.29, 1.82) is 0 Å². The summed E-state index contributed by atoms with van der Waals surface area (Å²) in [4.78, 5) is 47.4. The molecule has 1 N–H and O–H groups in total. The fourth-order valence-corrected chi connectivity index (χ4v) is 2.94. The van der Waals surface area contributed by atoms with Gasteiger partial charge in [-0.25, -0.2) is 4.79 Å². The van der Waals surface area contributed by atoms with Gasteiger partial charge in [0.25, 0.3) is 11.6 Å². The van der Waals surface area contributed by atoms with Gasteiger partial charge in [0.1, 0.15) is 6.04 Å². The molecule has 158 valence electrons. The molecule has 9 nitrogen and oxygen atoms in total. The van der Waals surface area contributed by atoms with Gasteiger partial charge in [-0.1, -0.05) is 23.7 Å². The van der Waals surface area contributed by atoms with Gasteiger partial charge in [-0.3, -0.25) is 19.7 Å². The van der Waals surface area contributed by atoms with Crippen molar-refractivity contribution in [2.24, 2.45) is 0 Å². The summed E-state index contributed by atoms with van der Waals surface area (Å²) in [5, 5.41) is 13.9. The first-order valence-electron chi connectivity index (χ1n) is 8.72. The van der Waals surface area contributed by atoms with Crippen LogP contribution in [-0.4, -0.2) is 43.0 Å². The number of non-ortho nitro benzene ring substituents is 1. The summed E-state index contributed by atoms with van der Waals surface area (Å²) < 4.78 is 9.52. The van der Waals surface area contributed by atoms with E-state index in [0.29, 0.717) is 10.6 Å². The van der Waals surface area contributed by atoms with Crippen LogP contribution in [-0.2, 0) is 19.1 Å². The summed E-state index contributed by atoms with van der Waals surface area (Å²) in [5.74, 6) is -2.89. The molecule has 2 rings (SSSR count). The minimum Gasteiger partial charge on any atom is -0.469 e. The van der Waals surface area contributed by atoms with Crippen molar-refractivity contribution in [2.75, 3.05) is 14.2 Å². The van der Waals surface area contributed by atoms with E-state index in [2.05, 4.69) is 5.32 Å². The van der Waals surface area contributed by atoms with E-state index in [1.54, 1.807) is 0 Å². The molecule has 30 heavy (non-hydrogen) atoms. The van der Waals surface area contributed by atoms with Gasteiger partial charge in [0, 0.05) is 28.6 Å². The van der Waals surface area contributed by atoms with Crippen LogP contribution in [0.5, 0.6) is 0 Å². The Morgan fingerprint density at radius 1 is 1.03 bits per heavy atom. The molecule has 0 aromatic heterocycles. The minimum atomic E-state index is -1.25. The summed E-state index contributed by atoms with van der Waals surface area (Å²) in [7, 11) is 2.34. The third-order valence-electron chi connectivity index (χ3n) is 4.40. The molecule has 0 aliphatic heterocycles. The highest BCUT2D eigenvalue weighted by Crippen LogP contribution is 2.27. The molecule has 0 spiro atoms. The molecule has 0 aliphatic carbocycles. The number of hydrogen-bond donors (Lipinski definition) is 1. The Morgan fingerprint density at radius 2 is 1.63 bits per heavy atom. The normalized spacial score (nSPS) is 12.4. The van der Waals surface area contributed by atoms with E-state index in [9.17, 15) is 24.5 Å². The highest BCUT2D eigenvalue weighted by Gasteiger charge is 2.34. The molecule has 0 bridgehead atoms. The molecule has 0 saturated carbocycles. The molecular weight excluding hydrogens is 416 g/mol. The number of carbonyl (C=O) groups is 3. The van der Waals surface area contributed by atoms with Gasteiger partial charge < -0.3 is 14.8 Å². The van der Waals surface area contributed by atoms with E-state index in [-0.39, 0.29) is 17.7 Å². The second kappa shape index (κ2) is 10.4. The number of nitrogens with one attached hydrogen (secondary N) is 1. The standard InChI is InChI=1S/C20H19ClN2O7/c1-29-17(24)11-16(12-5-9-15(10-6-12)23(27)28)18(20(26)30-2)22-19(25)13-3-7-14(21)8-4-13/h3-10,16,18H,11H2,1-2H3,(H,22,25)/t16-,18-/m1/s1. The molecule has 1 amide bonds. The third-order valence-corrected chi connectivity index (χ3v) is 4.65. The number of nitro groups is 1. The van der Waals surface area contributed by atoms with Gasteiger partial charge in [-0.15, -0.1) is 0 Å². The Bertz CT molecular complexity index is 929. The number of nitrogens with zero attached hydrogens (tertiary/aromatic N) is 1. The average molecular weight is 435 g/mol. The van der Waals surface area contributed by atoms with Crippen LogP contribution in [0.25, 0.3) is 0 Å². The average Bonchev–Trinajstić information content (AvgIpc) is 2.75. The van der Waals surface area contributed by atoms with Crippen molar-refractivity contribution in [2.45, 2.75) is 18.4 Å². The molecular formula is C20H19ClN2O7. The second-order valence-corrected chi connectivity index (χ2v) is 6.65. The van der Waals surface area contributed by atoms with Gasteiger partial charge in [0.2, 0.25) is 0 Å². The Kier molecular flexibility index (Phi) is 7.88. The number of rotatable bonds is 8. The van der Waals surface area contributed by atoms with Gasteiger partial charge in [-0.05, 0) is 29.8 Å². The van der Waals surface area contributed by atoms with E-state index in [4.69, 9.17) is 21.1 Å². The Balaban J connectivity index is 2.40. The van der Waals surface area contributed by atoms with Crippen LogP contribution in [0, 0.1) is 10.1 Å². The highest BCUT2D eigenvalue weighted by atomic mass is 35.5. The quantitative estimate of drug-likeness (QED) is 0.384. The van der Waals surface area contributed by atoms with Gasteiger partial charge in [0.05, 0.1) is 25.6 Å². The Labute approximate surface area is 177 Å². The number of halogens is 1. The zero-order chi connectivity index (χ0) is 22.3. The lowest BCUT2D eigenvalue weighted by molar-refractivity contribution is -0.384. The molecule has 2 aromatic carbocycles. The lowest BCUT2D eigenvalue weighted by Crippen LogP contribution is -2.46. The first-order valence-corrected chi connectivity index (χ1v) is 9.10. The fraction of sp³-hybridized carbons (Fsp3) is 0.250. The van der Waals surface area contributed by atoms with Crippen molar-refractivity contribution in [1.82, 2.24) is 5.32 Å². The fourth-order valence-electron chi connectivity index (χ4n) is 2.81. The zero-order valence-corrected chi connectivity index (χ0v) is 16.9. The summed E-state index contributed by atoms with van der Waals surface area (Å²) >= 11 is 5.83.